The molecule has 164 valence electrons. The number of carbonyl (C=O) groups is 2. The molecular formula is C22H23N7O3. The first-order valence-corrected chi connectivity index (χ1v) is 10.2. The number of nitrogens with one attached hydrogen (secondary N) is 3. The molecule has 1 unspecified atom stereocenters. The molecule has 0 radical (unpaired) electrons. The Morgan fingerprint density at radius 1 is 1.31 bits per heavy atom. The summed E-state index contributed by atoms with van der Waals surface area (Å²) in [6, 6.07) is 5.47. The van der Waals surface area contributed by atoms with Crippen LogP contribution in [0.15, 0.2) is 41.5 Å². The summed E-state index contributed by atoms with van der Waals surface area (Å²) >= 11 is 0. The van der Waals surface area contributed by atoms with Crippen molar-refractivity contribution in [3.8, 4) is 0 Å². The topological polar surface area (TPSA) is 134 Å². The third-order valence-electron chi connectivity index (χ3n) is 5.07. The summed E-state index contributed by atoms with van der Waals surface area (Å²) in [7, 11) is 0. The molecule has 1 aliphatic heterocycles. The minimum Gasteiger partial charge on any atom is -0.359 e. The number of fused-ring (bicyclic) bond motifs is 2. The molecule has 2 amide bonds. The molecule has 0 saturated heterocycles. The van der Waals surface area contributed by atoms with Crippen LogP contribution in [0.1, 0.15) is 47.7 Å². The minimum atomic E-state index is -0.466. The standard InChI is InChI=1S/C22H23N7O3/c1-4-17(32-25-10-18-27-15-7-5-12(2)9-16(15)28-18)13(3)26-22(31)20-14-6-8-19(30)29-21(14)24-11-23-20/h4-5,7,9-11,13H,6,8H2,1-3H3,(H,26,31)(H,27,28)(H,23,24,29,30)/b17-4-,25-10+. The molecule has 3 aromatic rings. The van der Waals surface area contributed by atoms with Crippen LogP contribution in [0.3, 0.4) is 0 Å². The van der Waals surface area contributed by atoms with Crippen molar-refractivity contribution < 1.29 is 14.4 Å². The average Bonchev–Trinajstić information content (AvgIpc) is 3.17. The molecular weight excluding hydrogens is 410 g/mol. The van der Waals surface area contributed by atoms with E-state index < -0.39 is 6.04 Å². The Morgan fingerprint density at radius 2 is 2.16 bits per heavy atom. The van der Waals surface area contributed by atoms with Gasteiger partial charge in [0.05, 0.1) is 17.1 Å². The van der Waals surface area contributed by atoms with Gasteiger partial charge in [0.15, 0.2) is 11.6 Å². The summed E-state index contributed by atoms with van der Waals surface area (Å²) in [5, 5.41) is 9.52. The predicted octanol–water partition coefficient (Wildman–Crippen LogP) is 2.62. The smallest absolute Gasteiger partial charge is 0.270 e. The van der Waals surface area contributed by atoms with Crippen molar-refractivity contribution in [1.82, 2.24) is 25.3 Å². The molecule has 1 aromatic carbocycles. The number of amides is 2. The fourth-order valence-corrected chi connectivity index (χ4v) is 3.44. The predicted molar refractivity (Wildman–Crippen MR) is 119 cm³/mol. The van der Waals surface area contributed by atoms with Gasteiger partial charge in [-0.1, -0.05) is 11.2 Å². The van der Waals surface area contributed by atoms with Gasteiger partial charge >= 0.3 is 0 Å². The number of benzene rings is 1. The summed E-state index contributed by atoms with van der Waals surface area (Å²) in [6.07, 6.45) is 5.16. The van der Waals surface area contributed by atoms with Crippen molar-refractivity contribution in [3.05, 3.63) is 59.0 Å². The lowest BCUT2D eigenvalue weighted by atomic mass is 10.0. The minimum absolute atomic E-state index is 0.127. The van der Waals surface area contributed by atoms with Gasteiger partial charge in [-0.3, -0.25) is 9.59 Å². The molecule has 10 heteroatoms. The summed E-state index contributed by atoms with van der Waals surface area (Å²) in [4.78, 5) is 45.6. The zero-order chi connectivity index (χ0) is 22.7. The Morgan fingerprint density at radius 3 is 2.97 bits per heavy atom. The molecule has 1 atom stereocenters. The molecule has 2 aromatic heterocycles. The van der Waals surface area contributed by atoms with Gasteiger partial charge in [0.2, 0.25) is 5.91 Å². The lowest BCUT2D eigenvalue weighted by Crippen LogP contribution is -2.36. The molecule has 1 aliphatic rings. The van der Waals surface area contributed by atoms with Crippen molar-refractivity contribution >= 4 is 34.9 Å². The number of allylic oxidation sites excluding steroid dienone is 1. The molecule has 4 rings (SSSR count). The summed E-state index contributed by atoms with van der Waals surface area (Å²) in [5.41, 5.74) is 3.75. The van der Waals surface area contributed by atoms with E-state index in [0.29, 0.717) is 29.4 Å². The molecule has 3 N–H and O–H groups in total. The highest BCUT2D eigenvalue weighted by atomic mass is 16.6. The number of hydrogen-bond acceptors (Lipinski definition) is 7. The van der Waals surface area contributed by atoms with E-state index in [1.165, 1.54) is 12.5 Å². The maximum atomic E-state index is 12.8. The van der Waals surface area contributed by atoms with Gasteiger partial charge < -0.3 is 20.5 Å². The molecule has 0 saturated carbocycles. The number of aromatic nitrogens is 4. The third-order valence-corrected chi connectivity index (χ3v) is 5.07. The third kappa shape index (κ3) is 4.48. The number of aryl methyl sites for hydroxylation is 1. The van der Waals surface area contributed by atoms with Gasteiger partial charge in [0, 0.05) is 12.0 Å². The highest BCUT2D eigenvalue weighted by molar-refractivity contribution is 5.99. The summed E-state index contributed by atoms with van der Waals surface area (Å²) in [5.74, 6) is 0.886. The zero-order valence-corrected chi connectivity index (χ0v) is 18.0. The first-order chi connectivity index (χ1) is 15.4. The maximum absolute atomic E-state index is 12.8. The monoisotopic (exact) mass is 433 g/mol. The summed E-state index contributed by atoms with van der Waals surface area (Å²) < 4.78 is 0. The Hall–Kier alpha value is -4.08. The van der Waals surface area contributed by atoms with Crippen LogP contribution < -0.4 is 10.6 Å². The lowest BCUT2D eigenvalue weighted by Gasteiger charge is -2.19. The van der Waals surface area contributed by atoms with Crippen molar-refractivity contribution in [3.63, 3.8) is 0 Å². The van der Waals surface area contributed by atoms with Crippen LogP contribution in [0, 0.1) is 6.92 Å². The molecule has 0 bridgehead atoms. The normalized spacial score (nSPS) is 14.8. The van der Waals surface area contributed by atoms with Gasteiger partial charge in [0.25, 0.3) is 5.91 Å². The highest BCUT2D eigenvalue weighted by Gasteiger charge is 2.25. The van der Waals surface area contributed by atoms with Crippen molar-refractivity contribution in [2.75, 3.05) is 5.32 Å². The second-order valence-electron chi connectivity index (χ2n) is 7.45. The van der Waals surface area contributed by atoms with Crippen LogP contribution in [0.2, 0.25) is 0 Å². The van der Waals surface area contributed by atoms with Crippen LogP contribution in [-0.4, -0.2) is 44.0 Å². The fourth-order valence-electron chi connectivity index (χ4n) is 3.44. The quantitative estimate of drug-likeness (QED) is 0.311. The Bertz CT molecular complexity index is 1250. The second-order valence-corrected chi connectivity index (χ2v) is 7.45. The van der Waals surface area contributed by atoms with E-state index in [9.17, 15) is 9.59 Å². The van der Waals surface area contributed by atoms with E-state index in [4.69, 9.17) is 4.84 Å². The van der Waals surface area contributed by atoms with Gasteiger partial charge in [-0.05, 0) is 51.0 Å². The van der Waals surface area contributed by atoms with Crippen LogP contribution in [0.25, 0.3) is 11.0 Å². The van der Waals surface area contributed by atoms with E-state index in [-0.39, 0.29) is 23.9 Å². The van der Waals surface area contributed by atoms with E-state index in [0.717, 1.165) is 16.6 Å². The van der Waals surface area contributed by atoms with Crippen molar-refractivity contribution in [2.45, 2.75) is 39.7 Å². The Labute approximate surface area is 184 Å². The number of anilines is 1. The maximum Gasteiger partial charge on any atom is 0.270 e. The van der Waals surface area contributed by atoms with Gasteiger partial charge in [-0.15, -0.1) is 0 Å². The molecule has 0 fully saturated rings. The van der Waals surface area contributed by atoms with Crippen molar-refractivity contribution in [1.29, 1.82) is 0 Å². The number of aromatic amines is 1. The summed E-state index contributed by atoms with van der Waals surface area (Å²) in [6.45, 7) is 5.58. The number of carbonyl (C=O) groups excluding carboxylic acids is 2. The van der Waals surface area contributed by atoms with Gasteiger partial charge in [-0.2, -0.15) is 0 Å². The van der Waals surface area contributed by atoms with Crippen LogP contribution in [0.5, 0.6) is 0 Å². The lowest BCUT2D eigenvalue weighted by molar-refractivity contribution is -0.116. The molecule has 10 nitrogen and oxygen atoms in total. The van der Waals surface area contributed by atoms with E-state index >= 15 is 0 Å². The highest BCUT2D eigenvalue weighted by Crippen LogP contribution is 2.22. The SMILES string of the molecule is C/C=C(\O/N=C/c1nc2ccc(C)cc2[nH]1)C(C)NC(=O)c1ncnc2c1CCC(=O)N2. The largest absolute Gasteiger partial charge is 0.359 e. The number of hydrogen-bond donors (Lipinski definition) is 3. The van der Waals surface area contributed by atoms with Gasteiger partial charge in [-0.25, -0.2) is 15.0 Å². The fraction of sp³-hybridized carbons (Fsp3) is 0.273. The first-order valence-electron chi connectivity index (χ1n) is 10.2. The Kier molecular flexibility index (Phi) is 5.93. The number of imidazole rings is 1. The van der Waals surface area contributed by atoms with Crippen LogP contribution in [-0.2, 0) is 16.1 Å². The molecule has 32 heavy (non-hydrogen) atoms. The zero-order valence-electron chi connectivity index (χ0n) is 18.0. The van der Waals surface area contributed by atoms with Crippen LogP contribution in [0.4, 0.5) is 5.82 Å². The number of rotatable bonds is 6. The Balaban J connectivity index is 1.41. The average molecular weight is 433 g/mol. The van der Waals surface area contributed by atoms with Crippen LogP contribution >= 0.6 is 0 Å². The number of nitrogens with zero attached hydrogens (tertiary/aromatic N) is 4. The van der Waals surface area contributed by atoms with E-state index in [1.54, 1.807) is 19.9 Å². The molecule has 0 aliphatic carbocycles. The number of oxime groups is 1. The second kappa shape index (κ2) is 8.96. The molecule has 0 spiro atoms. The van der Waals surface area contributed by atoms with Gasteiger partial charge in [0.1, 0.15) is 24.1 Å². The molecule has 3 heterocycles. The van der Waals surface area contributed by atoms with E-state index in [2.05, 4.69) is 35.7 Å². The van der Waals surface area contributed by atoms with Crippen molar-refractivity contribution in [2.24, 2.45) is 5.16 Å². The van der Waals surface area contributed by atoms with E-state index in [1.807, 2.05) is 25.1 Å². The number of H-pyrrole nitrogens is 1. The first kappa shape index (κ1) is 21.2.